The van der Waals surface area contributed by atoms with Gasteiger partial charge in [-0.2, -0.15) is 0 Å². The number of urea groups is 1. The number of carbonyl (C=O) groups excluding carboxylic acids is 2. The van der Waals surface area contributed by atoms with Crippen molar-refractivity contribution in [3.8, 4) is 0 Å². The van der Waals surface area contributed by atoms with Crippen molar-refractivity contribution < 1.29 is 14.3 Å². The largest absolute Gasteiger partial charge is 0.375 e. The van der Waals surface area contributed by atoms with Crippen molar-refractivity contribution in [2.24, 2.45) is 0 Å². The maximum Gasteiger partial charge on any atom is 0.324 e. The van der Waals surface area contributed by atoms with Crippen molar-refractivity contribution in [3.05, 3.63) is 34.2 Å². The number of nitrogens with zero attached hydrogens (tertiary/aromatic N) is 3. The molecule has 1 N–H and O–H groups in total. The highest BCUT2D eigenvalue weighted by atomic mass is 16.5. The normalized spacial score (nSPS) is 22.0. The molecule has 1 aliphatic carbocycles. The van der Waals surface area contributed by atoms with Crippen molar-refractivity contribution in [3.63, 3.8) is 0 Å². The predicted molar refractivity (Wildman–Crippen MR) is 117 cm³/mol. The molecule has 8 nitrogen and oxygen atoms in total. The summed E-state index contributed by atoms with van der Waals surface area (Å²) in [5.74, 6) is -0.264. The van der Waals surface area contributed by atoms with Crippen LogP contribution in [-0.2, 0) is 22.6 Å². The molecule has 3 fully saturated rings. The molecule has 8 heteroatoms. The summed E-state index contributed by atoms with van der Waals surface area (Å²) in [7, 11) is 0. The third kappa shape index (κ3) is 5.95. The van der Waals surface area contributed by atoms with Crippen molar-refractivity contribution in [1.82, 2.24) is 19.7 Å². The minimum atomic E-state index is -0.427. The number of carbonyl (C=O) groups is 2. The molecule has 3 aliphatic rings. The number of hydrogen-bond donors (Lipinski definition) is 1. The fourth-order valence-electron chi connectivity index (χ4n) is 4.83. The molecule has 4 rings (SSSR count). The Morgan fingerprint density at radius 3 is 2.42 bits per heavy atom. The smallest absolute Gasteiger partial charge is 0.324 e. The summed E-state index contributed by atoms with van der Waals surface area (Å²) in [4.78, 5) is 40.0. The van der Waals surface area contributed by atoms with E-state index in [9.17, 15) is 14.4 Å². The number of nitrogens with one attached hydrogen (secondary N) is 1. The summed E-state index contributed by atoms with van der Waals surface area (Å²) in [6.07, 6.45) is 11.4. The van der Waals surface area contributed by atoms with Gasteiger partial charge in [0.05, 0.1) is 18.8 Å². The average molecular weight is 431 g/mol. The molecule has 3 amide bonds. The second-order valence-electron chi connectivity index (χ2n) is 8.99. The number of aromatic nitrogens is 1. The molecule has 3 heterocycles. The molecule has 1 aromatic rings. The standard InChI is InChI=1S/C23H34N4O4/c28-21-10-14-27(23(30)24-21)17-18-5-4-11-26(22(18)29)16-15-25-12-8-20(9-13-25)31-19-6-2-1-3-7-19/h4-5,11,19-20H,1-3,6-10,12-17H2,(H,24,28,30). The number of likely N-dealkylation sites (tertiary alicyclic amines) is 1. The van der Waals surface area contributed by atoms with E-state index in [1.807, 2.05) is 12.3 Å². The molecular weight excluding hydrogens is 396 g/mol. The van der Waals surface area contributed by atoms with Crippen LogP contribution in [0.5, 0.6) is 0 Å². The van der Waals surface area contributed by atoms with Gasteiger partial charge in [-0.15, -0.1) is 0 Å². The van der Waals surface area contributed by atoms with Crippen LogP contribution in [0.25, 0.3) is 0 Å². The summed E-state index contributed by atoms with van der Waals surface area (Å²) >= 11 is 0. The number of rotatable bonds is 7. The van der Waals surface area contributed by atoms with Crippen LogP contribution in [-0.4, -0.2) is 64.7 Å². The van der Waals surface area contributed by atoms with Crippen molar-refractivity contribution in [2.45, 2.75) is 76.7 Å². The molecule has 0 radical (unpaired) electrons. The Bertz CT molecular complexity index is 825. The summed E-state index contributed by atoms with van der Waals surface area (Å²) in [6.45, 7) is 4.05. The van der Waals surface area contributed by atoms with E-state index in [1.54, 1.807) is 10.6 Å². The van der Waals surface area contributed by atoms with Gasteiger partial charge in [0.1, 0.15) is 0 Å². The highest BCUT2D eigenvalue weighted by Gasteiger charge is 2.25. The third-order valence-corrected chi connectivity index (χ3v) is 6.73. The van der Waals surface area contributed by atoms with Gasteiger partial charge in [0.15, 0.2) is 0 Å². The zero-order valence-corrected chi connectivity index (χ0v) is 18.3. The Morgan fingerprint density at radius 1 is 0.935 bits per heavy atom. The minimum Gasteiger partial charge on any atom is -0.375 e. The Labute approximate surface area is 183 Å². The van der Waals surface area contributed by atoms with E-state index in [0.717, 1.165) is 32.5 Å². The van der Waals surface area contributed by atoms with Gasteiger partial charge in [0.2, 0.25) is 5.91 Å². The molecule has 31 heavy (non-hydrogen) atoms. The molecule has 1 saturated carbocycles. The number of ether oxygens (including phenoxy) is 1. The van der Waals surface area contributed by atoms with E-state index in [4.69, 9.17) is 4.74 Å². The van der Waals surface area contributed by atoms with E-state index in [1.165, 1.54) is 37.0 Å². The summed E-state index contributed by atoms with van der Waals surface area (Å²) in [5.41, 5.74) is 0.509. The Balaban J connectivity index is 1.24. The molecule has 1 aromatic heterocycles. The van der Waals surface area contributed by atoms with Crippen LogP contribution in [0.1, 0.15) is 56.9 Å². The summed E-state index contributed by atoms with van der Waals surface area (Å²) in [5, 5.41) is 2.30. The van der Waals surface area contributed by atoms with E-state index >= 15 is 0 Å². The van der Waals surface area contributed by atoms with Crippen LogP contribution in [0, 0.1) is 0 Å². The molecule has 2 saturated heterocycles. The first-order chi connectivity index (χ1) is 15.1. The zero-order valence-electron chi connectivity index (χ0n) is 18.3. The monoisotopic (exact) mass is 430 g/mol. The first kappa shape index (κ1) is 22.0. The number of pyridine rings is 1. The highest BCUT2D eigenvalue weighted by molar-refractivity contribution is 5.96. The van der Waals surface area contributed by atoms with Gasteiger partial charge in [0, 0.05) is 50.9 Å². The predicted octanol–water partition coefficient (Wildman–Crippen LogP) is 2.10. The maximum atomic E-state index is 12.9. The highest BCUT2D eigenvalue weighted by Crippen LogP contribution is 2.24. The van der Waals surface area contributed by atoms with Crippen LogP contribution in [0.3, 0.4) is 0 Å². The van der Waals surface area contributed by atoms with Crippen molar-refractivity contribution in [2.75, 3.05) is 26.2 Å². The summed E-state index contributed by atoms with van der Waals surface area (Å²) in [6, 6.07) is 3.19. The van der Waals surface area contributed by atoms with Gasteiger partial charge >= 0.3 is 6.03 Å². The van der Waals surface area contributed by atoms with Crippen LogP contribution in [0.2, 0.25) is 0 Å². The fourth-order valence-corrected chi connectivity index (χ4v) is 4.83. The van der Waals surface area contributed by atoms with Crippen LogP contribution < -0.4 is 10.9 Å². The maximum absolute atomic E-state index is 12.9. The zero-order chi connectivity index (χ0) is 21.6. The van der Waals surface area contributed by atoms with E-state index < -0.39 is 6.03 Å². The topological polar surface area (TPSA) is 83.9 Å². The number of imide groups is 1. The van der Waals surface area contributed by atoms with Gasteiger partial charge in [-0.3, -0.25) is 14.9 Å². The molecule has 0 atom stereocenters. The first-order valence-corrected chi connectivity index (χ1v) is 11.7. The third-order valence-electron chi connectivity index (χ3n) is 6.73. The molecule has 0 unspecified atom stereocenters. The van der Waals surface area contributed by atoms with Gasteiger partial charge in [-0.25, -0.2) is 4.79 Å². The second-order valence-corrected chi connectivity index (χ2v) is 8.99. The Kier molecular flexibility index (Phi) is 7.40. The quantitative estimate of drug-likeness (QED) is 0.716. The van der Waals surface area contributed by atoms with Crippen LogP contribution in [0.15, 0.2) is 23.1 Å². The van der Waals surface area contributed by atoms with Crippen LogP contribution >= 0.6 is 0 Å². The lowest BCUT2D eigenvalue weighted by atomic mass is 9.97. The molecular formula is C23H34N4O4. The fraction of sp³-hybridized carbons (Fsp3) is 0.696. The molecule has 170 valence electrons. The van der Waals surface area contributed by atoms with Crippen molar-refractivity contribution >= 4 is 11.9 Å². The van der Waals surface area contributed by atoms with E-state index in [-0.39, 0.29) is 24.4 Å². The number of hydrogen-bond acceptors (Lipinski definition) is 5. The lowest BCUT2D eigenvalue weighted by Gasteiger charge is -2.35. The molecule has 2 aliphatic heterocycles. The van der Waals surface area contributed by atoms with Gasteiger partial charge in [-0.05, 0) is 31.7 Å². The second kappa shape index (κ2) is 10.4. The Hall–Kier alpha value is -2.19. The first-order valence-electron chi connectivity index (χ1n) is 11.7. The Morgan fingerprint density at radius 2 is 1.68 bits per heavy atom. The minimum absolute atomic E-state index is 0.0669. The van der Waals surface area contributed by atoms with Crippen molar-refractivity contribution in [1.29, 1.82) is 0 Å². The average Bonchev–Trinajstić information content (AvgIpc) is 2.78. The van der Waals surface area contributed by atoms with Gasteiger partial charge < -0.3 is 19.1 Å². The number of piperidine rings is 1. The molecule has 0 aromatic carbocycles. The molecule has 0 spiro atoms. The van der Waals surface area contributed by atoms with Gasteiger partial charge in [0.25, 0.3) is 5.56 Å². The lowest BCUT2D eigenvalue weighted by molar-refractivity contribution is -0.121. The van der Waals surface area contributed by atoms with Crippen LogP contribution in [0.4, 0.5) is 4.79 Å². The SMILES string of the molecule is O=C1CCN(Cc2cccn(CCN3CCC(OC4CCCCC4)CC3)c2=O)C(=O)N1. The van der Waals surface area contributed by atoms with E-state index in [2.05, 4.69) is 10.2 Å². The lowest BCUT2D eigenvalue weighted by Crippen LogP contribution is -2.49. The number of amides is 3. The van der Waals surface area contributed by atoms with E-state index in [0.29, 0.717) is 30.9 Å². The van der Waals surface area contributed by atoms with Gasteiger partial charge in [-0.1, -0.05) is 25.3 Å². The molecule has 0 bridgehead atoms. The summed E-state index contributed by atoms with van der Waals surface area (Å²) < 4.78 is 8.05.